The maximum atomic E-state index is 13.4. The van der Waals surface area contributed by atoms with Crippen LogP contribution >= 0.6 is 35.3 Å². The molecule has 0 aliphatic carbocycles. The van der Waals surface area contributed by atoms with Gasteiger partial charge in [-0.3, -0.25) is 14.4 Å². The van der Waals surface area contributed by atoms with E-state index in [4.69, 9.17) is 98.5 Å². The SMILES string of the molecule is C.CC(C)(C)OC(=O)NCCCOCCOCCOCCCN.CC(C)(C)OC(=O)NCCCOCCOCCOCCCNC(=O)CCCCC1SCC2NC(=O)NC21.CC(C)(C)OC(=O)O.NCCCOCCOCCOCCCN.O=C([O-])C(F)(F)F.O=C1NC2CSC(CCCCC(=O)Oc3c(F)c(F)cc(F)c3F)C2N1.[NH3+]CCCOCCOCCOCCCNC(=O)CCCCC1SCC2NC(=O)NC21. The van der Waals surface area contributed by atoms with Crippen molar-refractivity contribution in [1.29, 1.82) is 0 Å². The van der Waals surface area contributed by atoms with Gasteiger partial charge in [0.1, 0.15) is 22.8 Å². The normalized spacial score (nSPS) is 18.2. The third kappa shape index (κ3) is 76.2. The molecule has 0 spiro atoms. The maximum Gasteiger partial charge on any atom is 0.506 e. The Hall–Kier alpha value is -7.36. The summed E-state index contributed by atoms with van der Waals surface area (Å²) >= 11 is 5.55. The van der Waals surface area contributed by atoms with E-state index in [9.17, 15) is 73.9 Å². The number of halogens is 7. The third-order valence-electron chi connectivity index (χ3n) is 20.0. The number of nitrogens with two attached hydrogens (primary N) is 3. The van der Waals surface area contributed by atoms with Crippen molar-refractivity contribution in [3.63, 3.8) is 0 Å². The van der Waals surface area contributed by atoms with Crippen LogP contribution in [-0.4, -0.2) is 368 Å². The molecule has 6 fully saturated rings. The number of alkyl carbamates (subject to hydrolysis) is 2. The van der Waals surface area contributed by atoms with Crippen molar-refractivity contribution < 1.29 is 170 Å². The van der Waals surface area contributed by atoms with Gasteiger partial charge in [-0.15, -0.1) is 0 Å². The number of thioether (sulfide) groups is 3. The molecule has 9 unspecified atom stereocenters. The molecule has 42 nitrogen and oxygen atoms in total. The highest BCUT2D eigenvalue weighted by molar-refractivity contribution is 8.00. The molecule has 9 atom stereocenters. The number of ether oxygens (including phenoxy) is 16. The first kappa shape index (κ1) is 139. The Morgan fingerprint density at radius 2 is 0.644 bits per heavy atom. The number of rotatable bonds is 68. The van der Waals surface area contributed by atoms with Crippen LogP contribution in [0.4, 0.5) is 59.5 Å². The molecule has 0 saturated carbocycles. The van der Waals surface area contributed by atoms with Gasteiger partial charge in [-0.1, -0.05) is 26.7 Å². The second-order valence-electron chi connectivity index (χ2n) is 36.1. The minimum atomic E-state index is -5.19. The van der Waals surface area contributed by atoms with E-state index in [2.05, 4.69) is 68.4 Å². The molecule has 0 radical (unpaired) electrons. The Morgan fingerprint density at radius 1 is 0.390 bits per heavy atom. The number of benzene rings is 1. The van der Waals surface area contributed by atoms with Crippen molar-refractivity contribution in [2.75, 3.05) is 228 Å². The van der Waals surface area contributed by atoms with Crippen LogP contribution in [-0.2, 0) is 90.2 Å². The minimum Gasteiger partial charge on any atom is -0.542 e. The summed E-state index contributed by atoms with van der Waals surface area (Å²) in [5.74, 6) is -9.14. The summed E-state index contributed by atoms with van der Waals surface area (Å²) in [6.45, 7) is 35.4. The molecular weight excluding hydrogens is 2000 g/mol. The number of urea groups is 3. The van der Waals surface area contributed by atoms with Crippen LogP contribution in [0.25, 0.3) is 0 Å². The smallest absolute Gasteiger partial charge is 0.506 e. The molecule has 146 heavy (non-hydrogen) atoms. The molecule has 1 aromatic carbocycles. The Bertz CT molecular complexity index is 3610. The number of unbranched alkanes of at least 4 members (excludes halogenated alkanes) is 3. The predicted octanol–water partition coefficient (Wildman–Crippen LogP) is 7.41. The molecule has 852 valence electrons. The van der Waals surface area contributed by atoms with Crippen molar-refractivity contribution in [3.8, 4) is 5.75 Å². The van der Waals surface area contributed by atoms with Crippen molar-refractivity contribution in [2.45, 2.75) is 273 Å². The summed E-state index contributed by atoms with van der Waals surface area (Å²) in [7, 11) is 0. The number of hydrogen-bond acceptors (Lipinski definition) is 33. The lowest BCUT2D eigenvalue weighted by molar-refractivity contribution is -0.369. The van der Waals surface area contributed by atoms with Gasteiger partial charge in [0, 0.05) is 137 Å². The molecule has 1 aromatic rings. The van der Waals surface area contributed by atoms with E-state index in [1.807, 2.05) is 65.1 Å². The molecule has 6 saturated heterocycles. The standard InChI is InChI=1S/C25H46N4O7S.C20H38N4O5S.C16H16F4N2O3S.C15H32N2O5.C10H24N2O3.C5H10O3.C2HF3O2.CH4/c1-25(2,3)36-24(32)27-11-7-13-34-15-17-35-16-14-33-12-6-10-26-21(30)9-5-4-8-20-22-19(18-37-20)28-23(31)29-22;21-7-3-9-27-11-13-29-14-12-28-10-4-8-22-18(25)6-2-1-5-17-19-16(15-30-17)23-20(26)24-19;17-7-5-8(18)13(20)15(12(7)19)25-11(23)4-2-1-3-10-14-9(6-26-10)21-16(24)22-14;1-15(2,3)22-14(18)17-7-5-9-20-11-13-21-12-10-19-8-4-6-16;11-3-1-5-13-7-9-15-10-8-14-6-2-4-12;1-5(2,3)8-4(6)7;3-2(4,5)1(6)7;/h19-20,22H,4-18H2,1-3H3,(H,26,30)(H,27,32)(H2,28,29,31);16-17,19H,1-15,21H2,(H,22,25)(H2,23,24,26);5,9-10,14H,1-4,6H2,(H2,21,22,24);4-13,16H2,1-3H3,(H,17,18);1-12H2;1-3H3,(H,6,7);(H,6,7);1H4. The van der Waals surface area contributed by atoms with Gasteiger partial charge in [-0.05, 0) is 165 Å². The van der Waals surface area contributed by atoms with Crippen molar-refractivity contribution >= 4 is 95.5 Å². The van der Waals surface area contributed by atoms with Crippen LogP contribution in [0.3, 0.4) is 0 Å². The number of esters is 1. The lowest BCUT2D eigenvalue weighted by Gasteiger charge is -2.19. The first-order valence-corrected chi connectivity index (χ1v) is 52.8. The van der Waals surface area contributed by atoms with Crippen LogP contribution < -0.4 is 85.9 Å². The second kappa shape index (κ2) is 85.2. The van der Waals surface area contributed by atoms with E-state index in [0.717, 1.165) is 120 Å². The summed E-state index contributed by atoms with van der Waals surface area (Å²) in [4.78, 5) is 111. The number of aliphatic carboxylic acids is 1. The van der Waals surface area contributed by atoms with E-state index in [0.29, 0.717) is 240 Å². The molecule has 0 aromatic heterocycles. The maximum absolute atomic E-state index is 13.4. The molecule has 7 rings (SSSR count). The van der Waals surface area contributed by atoms with Gasteiger partial charge in [-0.2, -0.15) is 57.2 Å². The highest BCUT2D eigenvalue weighted by atomic mass is 32.2. The van der Waals surface area contributed by atoms with Gasteiger partial charge in [0.05, 0.1) is 155 Å². The quantitative estimate of drug-likeness (QED) is 0.00574. The third-order valence-corrected chi connectivity index (χ3v) is 24.5. The lowest BCUT2D eigenvalue weighted by atomic mass is 10.0. The van der Waals surface area contributed by atoms with E-state index in [1.165, 1.54) is 0 Å². The Balaban J connectivity index is 0.00000177. The fourth-order valence-electron chi connectivity index (χ4n) is 13.1. The molecule has 52 heteroatoms. The highest BCUT2D eigenvalue weighted by Gasteiger charge is 2.45. The first-order valence-electron chi connectivity index (χ1n) is 49.6. The Kier molecular flexibility index (Phi) is 80.9. The van der Waals surface area contributed by atoms with Crippen LogP contribution in [0, 0.1) is 23.3 Å². The van der Waals surface area contributed by atoms with Crippen LogP contribution in [0.15, 0.2) is 6.07 Å². The van der Waals surface area contributed by atoms with Crippen LogP contribution in [0.2, 0.25) is 0 Å². The molecule has 6 heterocycles. The average Bonchev–Trinajstić information content (AvgIpc) is 1.67. The summed E-state index contributed by atoms with van der Waals surface area (Å²) in [6, 6.07) is 0.936. The van der Waals surface area contributed by atoms with Gasteiger partial charge >= 0.3 is 48.6 Å². The largest absolute Gasteiger partial charge is 0.542 e. The number of carbonyl (C=O) groups is 10. The van der Waals surface area contributed by atoms with Crippen molar-refractivity contribution in [2.24, 2.45) is 17.2 Å². The zero-order chi connectivity index (χ0) is 108. The number of alkyl halides is 3. The molecule has 20 N–H and O–H groups in total. The van der Waals surface area contributed by atoms with E-state index < -0.39 is 82.3 Å². The van der Waals surface area contributed by atoms with E-state index in [-0.39, 0.29) is 91.3 Å². The van der Waals surface area contributed by atoms with Crippen LogP contribution in [0.5, 0.6) is 5.75 Å². The summed E-state index contributed by atoms with van der Waals surface area (Å²) < 4.78 is 168. The summed E-state index contributed by atoms with van der Waals surface area (Å²) in [6.07, 6.45) is 7.97. The minimum absolute atomic E-state index is 0. The van der Waals surface area contributed by atoms with Gasteiger partial charge in [0.15, 0.2) is 11.6 Å². The zero-order valence-corrected chi connectivity index (χ0v) is 88.4. The predicted molar refractivity (Wildman–Crippen MR) is 537 cm³/mol. The van der Waals surface area contributed by atoms with E-state index >= 15 is 0 Å². The number of carboxylic acids is 1. The second-order valence-corrected chi connectivity index (χ2v) is 39.9. The fourth-order valence-corrected chi connectivity index (χ4v) is 17.8. The summed E-state index contributed by atoms with van der Waals surface area (Å²) in [5.41, 5.74) is 18.2. The van der Waals surface area contributed by atoms with Crippen molar-refractivity contribution in [1.82, 2.24) is 53.2 Å². The first-order chi connectivity index (χ1) is 69.0. The molecule has 0 bridgehead atoms. The van der Waals surface area contributed by atoms with Gasteiger partial charge in [0.25, 0.3) is 0 Å². The molecular formula is C94H171F7N14O28S3. The Morgan fingerprint density at radius 3 is 0.890 bits per heavy atom. The number of fused-ring (bicyclic) bond motifs is 3. The highest BCUT2D eigenvalue weighted by Crippen LogP contribution is 2.36. The molecule has 10 amide bonds. The number of nitrogens with one attached hydrogen (secondary N) is 10. The summed E-state index contributed by atoms with van der Waals surface area (Å²) in [5, 5.41) is 46.8. The molecule has 6 aliphatic heterocycles. The number of carbonyl (C=O) groups excluding carboxylic acids is 9. The fraction of sp³-hybridized carbons (Fsp3) is 0.830. The van der Waals surface area contributed by atoms with Gasteiger partial charge in [-0.25, -0.2) is 37.5 Å². The van der Waals surface area contributed by atoms with Crippen LogP contribution in [0.1, 0.15) is 198 Å². The molecule has 6 aliphatic rings. The van der Waals surface area contributed by atoms with E-state index in [1.54, 1.807) is 32.5 Å². The van der Waals surface area contributed by atoms with Crippen molar-refractivity contribution in [3.05, 3.63) is 29.3 Å². The average molecular weight is 2170 g/mol. The number of amides is 10. The topological polar surface area (TPSA) is 588 Å². The zero-order valence-electron chi connectivity index (χ0n) is 85.9. The number of hydrogen-bond donors (Lipinski definition) is 15. The number of carboxylic acid groups (broad SMARTS) is 2. The lowest BCUT2D eigenvalue weighted by Crippen LogP contribution is -2.50. The van der Waals surface area contributed by atoms with Gasteiger partial charge < -0.3 is 167 Å². The monoisotopic (exact) mass is 2170 g/mol. The van der Waals surface area contributed by atoms with Gasteiger partial charge in [0.2, 0.25) is 29.2 Å². The Labute approximate surface area is 868 Å². The number of quaternary nitrogens is 1.